The van der Waals surface area contributed by atoms with Gasteiger partial charge in [0.1, 0.15) is 11.6 Å². The minimum atomic E-state index is -3.25. The van der Waals surface area contributed by atoms with Gasteiger partial charge < -0.3 is 14.9 Å². The first-order valence-corrected chi connectivity index (χ1v) is 20.1. The van der Waals surface area contributed by atoms with E-state index in [1.165, 1.54) is 31.2 Å². The molecule has 0 heterocycles. The summed E-state index contributed by atoms with van der Waals surface area (Å²) in [6.07, 6.45) is 21.6. The summed E-state index contributed by atoms with van der Waals surface area (Å²) in [5.74, 6) is -0.869. The minimum absolute atomic E-state index is 0.0267. The number of aliphatic hydroxyl groups is 2. The zero-order valence-electron chi connectivity index (χ0n) is 30.8. The maximum absolute atomic E-state index is 13.1. The Balaban J connectivity index is 0.000000244. The van der Waals surface area contributed by atoms with Gasteiger partial charge in [0.2, 0.25) is 0 Å². The quantitative estimate of drug-likeness (QED) is 0.148. The van der Waals surface area contributed by atoms with Crippen molar-refractivity contribution >= 4 is 38.5 Å². The molecule has 2 aromatic carbocycles. The molecule has 4 atom stereocenters. The SMILES string of the molecule is COC(=O)CC/C=C\CC[C@H]1C(=O)C[C@@H](O)[C@@H]1/C=C/CC(C)(O)/C=C/C1=CCCC1.CS(=O)(=O)c1ccc(C2=C(c3ccc(F)cc3)C(=O)CC2)cc1. The van der Waals surface area contributed by atoms with E-state index in [2.05, 4.69) is 10.8 Å². The summed E-state index contributed by atoms with van der Waals surface area (Å²) < 4.78 is 40.8. The van der Waals surface area contributed by atoms with Crippen molar-refractivity contribution < 1.29 is 42.1 Å². The number of hydrogen-bond acceptors (Lipinski definition) is 8. The van der Waals surface area contributed by atoms with Crippen molar-refractivity contribution in [2.24, 2.45) is 11.8 Å². The number of carbonyl (C=O) groups is 3. The Morgan fingerprint density at radius 1 is 0.981 bits per heavy atom. The molecular weight excluding hydrogens is 696 g/mol. The first-order valence-electron chi connectivity index (χ1n) is 18.2. The number of ether oxygens (including phenoxy) is 1. The zero-order valence-corrected chi connectivity index (χ0v) is 31.6. The maximum Gasteiger partial charge on any atom is 0.305 e. The van der Waals surface area contributed by atoms with Crippen LogP contribution in [0, 0.1) is 17.7 Å². The Kier molecular flexibility index (Phi) is 15.0. The number of halogens is 1. The monoisotopic (exact) mass is 746 g/mol. The van der Waals surface area contributed by atoms with Crippen molar-refractivity contribution in [3.63, 3.8) is 0 Å². The minimum Gasteiger partial charge on any atom is -0.469 e. The van der Waals surface area contributed by atoms with E-state index in [0.29, 0.717) is 49.7 Å². The van der Waals surface area contributed by atoms with Gasteiger partial charge in [0.15, 0.2) is 15.6 Å². The lowest BCUT2D eigenvalue weighted by atomic mass is 9.88. The molecule has 0 spiro atoms. The van der Waals surface area contributed by atoms with Gasteiger partial charge in [0, 0.05) is 42.9 Å². The molecule has 0 radical (unpaired) electrons. The van der Waals surface area contributed by atoms with Crippen LogP contribution in [-0.2, 0) is 29.0 Å². The molecule has 8 nitrogen and oxygen atoms in total. The standard InChI is InChI=1S/C25H36O5.C18H15FO3S/c1-25(29,17-15-19-10-7-8-11-19)16-9-13-21-20(22(26)18-23(21)27)12-5-3-4-6-14-24(28)30-2;1-23(21,22)15-8-4-12(5-9-15)16-10-11-17(20)18(16)13-2-6-14(19)7-3-13/h3-4,9-10,13,15,17,20-21,23,27,29H,5-8,11-12,14,16,18H2,1-2H3;2-9H,10-11H2,1H3/b4-3-,13-9+,17-15+;/t20-,21-,23-,25?;/m1./s1. The highest BCUT2D eigenvalue weighted by atomic mass is 32.2. The highest BCUT2D eigenvalue weighted by molar-refractivity contribution is 7.90. The highest BCUT2D eigenvalue weighted by Crippen LogP contribution is 2.38. The summed E-state index contributed by atoms with van der Waals surface area (Å²) in [6, 6.07) is 12.4. The van der Waals surface area contributed by atoms with Crippen molar-refractivity contribution in [3.8, 4) is 0 Å². The van der Waals surface area contributed by atoms with E-state index in [0.717, 1.165) is 36.7 Å². The third-order valence-corrected chi connectivity index (χ3v) is 11.0. The molecule has 3 aliphatic carbocycles. The Labute approximate surface area is 312 Å². The molecular formula is C43H51FO8S. The molecule has 1 fully saturated rings. The molecule has 1 unspecified atom stereocenters. The number of carbonyl (C=O) groups excluding carboxylic acids is 3. The van der Waals surface area contributed by atoms with Crippen LogP contribution in [0.4, 0.5) is 4.39 Å². The van der Waals surface area contributed by atoms with Crippen molar-refractivity contribution in [1.29, 1.82) is 0 Å². The van der Waals surface area contributed by atoms with Crippen LogP contribution < -0.4 is 0 Å². The van der Waals surface area contributed by atoms with E-state index in [9.17, 15) is 37.4 Å². The predicted octanol–water partition coefficient (Wildman–Crippen LogP) is 7.71. The van der Waals surface area contributed by atoms with Gasteiger partial charge in [0.25, 0.3) is 0 Å². The maximum atomic E-state index is 13.1. The number of sulfone groups is 1. The van der Waals surface area contributed by atoms with E-state index in [1.807, 2.05) is 36.5 Å². The number of esters is 1. The molecule has 2 aromatic rings. The fourth-order valence-electron chi connectivity index (χ4n) is 6.87. The van der Waals surface area contributed by atoms with Crippen LogP contribution in [0.15, 0.2) is 102 Å². The molecule has 3 aliphatic rings. The van der Waals surface area contributed by atoms with Crippen molar-refractivity contribution in [1.82, 2.24) is 0 Å². The summed E-state index contributed by atoms with van der Waals surface area (Å²) in [4.78, 5) is 35.9. The van der Waals surface area contributed by atoms with Crippen molar-refractivity contribution in [3.05, 3.63) is 114 Å². The van der Waals surface area contributed by atoms with Gasteiger partial charge in [-0.05, 0) is 99.3 Å². The second-order valence-corrected chi connectivity index (χ2v) is 16.2. The lowest BCUT2D eigenvalue weighted by Crippen LogP contribution is -2.21. The number of aliphatic hydroxyl groups excluding tert-OH is 1. The molecule has 1 saturated carbocycles. The van der Waals surface area contributed by atoms with Gasteiger partial charge in [0.05, 0.1) is 23.7 Å². The zero-order chi connectivity index (χ0) is 38.6. The van der Waals surface area contributed by atoms with Crippen LogP contribution in [0.25, 0.3) is 11.1 Å². The first kappa shape index (κ1) is 41.5. The van der Waals surface area contributed by atoms with Crippen LogP contribution in [0.3, 0.4) is 0 Å². The molecule has 0 bridgehead atoms. The van der Waals surface area contributed by atoms with Crippen LogP contribution in [-0.4, -0.2) is 61.2 Å². The average Bonchev–Trinajstić information content (AvgIpc) is 3.85. The van der Waals surface area contributed by atoms with E-state index in [-0.39, 0.29) is 46.5 Å². The van der Waals surface area contributed by atoms with Crippen LogP contribution in [0.1, 0.15) is 88.7 Å². The summed E-state index contributed by atoms with van der Waals surface area (Å²) in [6.45, 7) is 1.77. The topological polar surface area (TPSA) is 135 Å². The number of ketones is 2. The van der Waals surface area contributed by atoms with Crippen LogP contribution in [0.2, 0.25) is 0 Å². The van der Waals surface area contributed by atoms with Gasteiger partial charge in [-0.2, -0.15) is 0 Å². The Bertz CT molecular complexity index is 1860. The molecule has 0 amide bonds. The van der Waals surface area contributed by atoms with Crippen LogP contribution in [0.5, 0.6) is 0 Å². The van der Waals surface area contributed by atoms with E-state index in [1.54, 1.807) is 43.3 Å². The molecule has 284 valence electrons. The van der Waals surface area contributed by atoms with Gasteiger partial charge in [-0.15, -0.1) is 0 Å². The number of Topliss-reactive ketones (excluding diaryl/α,β-unsaturated/α-hetero) is 2. The number of allylic oxidation sites excluding steroid dienone is 7. The van der Waals surface area contributed by atoms with Gasteiger partial charge >= 0.3 is 5.97 Å². The first-order chi connectivity index (χ1) is 25.2. The summed E-state index contributed by atoms with van der Waals surface area (Å²) in [7, 11) is -1.87. The number of benzene rings is 2. The summed E-state index contributed by atoms with van der Waals surface area (Å²) in [5, 5.41) is 20.9. The number of methoxy groups -OCH3 is 1. The predicted molar refractivity (Wildman–Crippen MR) is 205 cm³/mol. The molecule has 0 saturated heterocycles. The van der Waals surface area contributed by atoms with Crippen LogP contribution >= 0.6 is 0 Å². The van der Waals surface area contributed by atoms with Crippen molar-refractivity contribution in [2.45, 2.75) is 94.2 Å². The third kappa shape index (κ3) is 12.4. The molecule has 0 aromatic heterocycles. The fraction of sp³-hybridized carbons (Fsp3) is 0.419. The second-order valence-electron chi connectivity index (χ2n) is 14.2. The fourth-order valence-corrected chi connectivity index (χ4v) is 7.50. The van der Waals surface area contributed by atoms with Gasteiger partial charge in [-0.1, -0.05) is 72.4 Å². The molecule has 53 heavy (non-hydrogen) atoms. The number of rotatable bonds is 14. The number of hydrogen-bond donors (Lipinski definition) is 2. The Morgan fingerprint density at radius 3 is 2.30 bits per heavy atom. The third-order valence-electron chi connectivity index (χ3n) is 9.86. The summed E-state index contributed by atoms with van der Waals surface area (Å²) >= 11 is 0. The lowest BCUT2D eigenvalue weighted by molar-refractivity contribution is -0.140. The average molecular weight is 747 g/mol. The van der Waals surface area contributed by atoms with E-state index < -0.39 is 21.5 Å². The Morgan fingerprint density at radius 2 is 1.66 bits per heavy atom. The molecule has 10 heteroatoms. The van der Waals surface area contributed by atoms with E-state index >= 15 is 0 Å². The second kappa shape index (κ2) is 19.2. The summed E-state index contributed by atoms with van der Waals surface area (Å²) in [5.41, 5.74) is 3.30. The normalized spacial score (nSPS) is 21.8. The largest absolute Gasteiger partial charge is 0.469 e. The highest BCUT2D eigenvalue weighted by Gasteiger charge is 2.39. The molecule has 2 N–H and O–H groups in total. The van der Waals surface area contributed by atoms with Gasteiger partial charge in [-0.25, -0.2) is 12.8 Å². The molecule has 5 rings (SSSR count). The molecule has 0 aliphatic heterocycles. The van der Waals surface area contributed by atoms with E-state index in [4.69, 9.17) is 0 Å². The van der Waals surface area contributed by atoms with Crippen molar-refractivity contribution in [2.75, 3.05) is 13.4 Å². The lowest BCUT2D eigenvalue weighted by Gasteiger charge is -2.19. The smallest absolute Gasteiger partial charge is 0.305 e. The van der Waals surface area contributed by atoms with Gasteiger partial charge in [-0.3, -0.25) is 14.4 Å². The Hall–Kier alpha value is -4.25.